The van der Waals surface area contributed by atoms with Crippen LogP contribution < -0.4 is 5.32 Å². The molecule has 1 aromatic carbocycles. The fraction of sp³-hybridized carbons (Fsp3) is 0.353. The lowest BCUT2D eigenvalue weighted by atomic mass is 10.2. The maximum absolute atomic E-state index is 13.0. The molecule has 0 radical (unpaired) electrons. The lowest BCUT2D eigenvalue weighted by Gasteiger charge is -2.14. The van der Waals surface area contributed by atoms with Gasteiger partial charge in [0.2, 0.25) is 11.7 Å². The van der Waals surface area contributed by atoms with Crippen molar-refractivity contribution in [3.63, 3.8) is 0 Å². The lowest BCUT2D eigenvalue weighted by molar-refractivity contribution is -0.146. The summed E-state index contributed by atoms with van der Waals surface area (Å²) in [5.41, 5.74) is 2.53. The Labute approximate surface area is 147 Å². The van der Waals surface area contributed by atoms with Crippen molar-refractivity contribution in [1.82, 2.24) is 19.3 Å². The molecular weight excluding hydrogens is 347 g/mol. The summed E-state index contributed by atoms with van der Waals surface area (Å²) in [6.45, 7) is 5.39. The Hall–Kier alpha value is -2.84. The highest BCUT2D eigenvalue weighted by Gasteiger charge is 2.36. The molecule has 0 spiro atoms. The summed E-state index contributed by atoms with van der Waals surface area (Å²) >= 11 is 0. The van der Waals surface area contributed by atoms with E-state index >= 15 is 0 Å². The van der Waals surface area contributed by atoms with E-state index in [9.17, 15) is 18.0 Å². The van der Waals surface area contributed by atoms with Gasteiger partial charge >= 0.3 is 6.18 Å². The molecular formula is C17H18F3N5O. The molecule has 0 saturated heterocycles. The maximum atomic E-state index is 13.0. The third-order valence-corrected chi connectivity index (χ3v) is 4.19. The summed E-state index contributed by atoms with van der Waals surface area (Å²) in [6.07, 6.45) is -4.54. The maximum Gasteiger partial charge on any atom is 0.449 e. The molecule has 0 aliphatic carbocycles. The van der Waals surface area contributed by atoms with E-state index in [0.29, 0.717) is 11.2 Å². The van der Waals surface area contributed by atoms with Crippen LogP contribution in [0.1, 0.15) is 30.2 Å². The number of fused-ring (bicyclic) bond motifs is 1. The fourth-order valence-electron chi connectivity index (χ4n) is 2.93. The van der Waals surface area contributed by atoms with Gasteiger partial charge in [0.1, 0.15) is 6.04 Å². The van der Waals surface area contributed by atoms with Gasteiger partial charge in [-0.2, -0.15) is 18.3 Å². The van der Waals surface area contributed by atoms with Gasteiger partial charge in [-0.3, -0.25) is 9.48 Å². The van der Waals surface area contributed by atoms with Gasteiger partial charge in [0, 0.05) is 18.4 Å². The molecule has 2 heterocycles. The van der Waals surface area contributed by atoms with Gasteiger partial charge < -0.3 is 9.88 Å². The van der Waals surface area contributed by atoms with Gasteiger partial charge in [0.05, 0.1) is 16.7 Å². The van der Waals surface area contributed by atoms with Crippen LogP contribution >= 0.6 is 0 Å². The monoisotopic (exact) mass is 365 g/mol. The number of nitrogens with zero attached hydrogens (tertiary/aromatic N) is 4. The van der Waals surface area contributed by atoms with Crippen LogP contribution in [0.4, 0.5) is 18.9 Å². The minimum Gasteiger partial charge on any atom is -0.324 e. The van der Waals surface area contributed by atoms with Crippen LogP contribution in [0.3, 0.4) is 0 Å². The van der Waals surface area contributed by atoms with Gasteiger partial charge in [-0.1, -0.05) is 0 Å². The van der Waals surface area contributed by atoms with Crippen molar-refractivity contribution in [2.75, 3.05) is 5.32 Å². The number of aromatic nitrogens is 4. The topological polar surface area (TPSA) is 64.7 Å². The molecule has 2 aromatic heterocycles. The van der Waals surface area contributed by atoms with E-state index in [1.165, 1.54) is 19.2 Å². The zero-order chi connectivity index (χ0) is 19.2. The molecule has 1 amide bonds. The number of hydrogen-bond acceptors (Lipinski definition) is 3. The van der Waals surface area contributed by atoms with Crippen molar-refractivity contribution >= 4 is 22.6 Å². The number of aryl methyl sites for hydroxylation is 3. The number of rotatable bonds is 3. The summed E-state index contributed by atoms with van der Waals surface area (Å²) in [4.78, 5) is 16.1. The summed E-state index contributed by atoms with van der Waals surface area (Å²) in [5, 5.41) is 6.99. The Bertz CT molecular complexity index is 986. The van der Waals surface area contributed by atoms with E-state index < -0.39 is 18.0 Å². The largest absolute Gasteiger partial charge is 0.449 e. The van der Waals surface area contributed by atoms with E-state index in [4.69, 9.17) is 0 Å². The van der Waals surface area contributed by atoms with Gasteiger partial charge in [-0.15, -0.1) is 0 Å². The third-order valence-electron chi connectivity index (χ3n) is 4.19. The number of anilines is 1. The molecule has 0 bridgehead atoms. The van der Waals surface area contributed by atoms with Crippen LogP contribution in [0.2, 0.25) is 0 Å². The van der Waals surface area contributed by atoms with E-state index in [1.54, 1.807) is 17.7 Å². The zero-order valence-electron chi connectivity index (χ0n) is 14.7. The van der Waals surface area contributed by atoms with E-state index in [1.807, 2.05) is 19.9 Å². The first kappa shape index (κ1) is 18.0. The highest BCUT2D eigenvalue weighted by Crippen LogP contribution is 2.31. The second-order valence-electron chi connectivity index (χ2n) is 6.23. The smallest absolute Gasteiger partial charge is 0.324 e. The Morgan fingerprint density at radius 1 is 1.23 bits per heavy atom. The first-order valence-corrected chi connectivity index (χ1v) is 7.95. The number of halogens is 3. The molecule has 1 atom stereocenters. The molecule has 0 fully saturated rings. The van der Waals surface area contributed by atoms with Crippen LogP contribution in [0.25, 0.3) is 11.0 Å². The van der Waals surface area contributed by atoms with Crippen LogP contribution in [0, 0.1) is 13.8 Å². The molecule has 0 aliphatic heterocycles. The SMILES string of the molecule is Cc1cc(C)n([C@@H](C)C(=O)Nc2ccc3c(c2)nc(C(F)(F)F)n3C)n1. The molecule has 3 rings (SSSR count). The Morgan fingerprint density at radius 2 is 1.92 bits per heavy atom. The number of carbonyl (C=O) groups excluding carboxylic acids is 1. The first-order chi connectivity index (χ1) is 12.1. The van der Waals surface area contributed by atoms with Crippen molar-refractivity contribution in [3.05, 3.63) is 41.5 Å². The minimum atomic E-state index is -4.54. The zero-order valence-corrected chi connectivity index (χ0v) is 14.7. The fourth-order valence-corrected chi connectivity index (χ4v) is 2.93. The number of imidazole rings is 1. The van der Waals surface area contributed by atoms with E-state index in [0.717, 1.165) is 16.0 Å². The average molecular weight is 365 g/mol. The van der Waals surface area contributed by atoms with E-state index in [2.05, 4.69) is 15.4 Å². The lowest BCUT2D eigenvalue weighted by Crippen LogP contribution is -2.25. The number of amides is 1. The molecule has 1 N–H and O–H groups in total. The second kappa shape index (κ2) is 6.15. The standard InChI is InChI=1S/C17H18F3N5O/c1-9-7-10(2)25(23-9)11(3)15(26)21-12-5-6-14-13(8-12)22-16(24(14)4)17(18,19)20/h5-8,11H,1-4H3,(H,21,26)/t11-/m0/s1. The number of alkyl halides is 3. The van der Waals surface area contributed by atoms with Gasteiger partial charge in [0.25, 0.3) is 0 Å². The number of nitrogens with one attached hydrogen (secondary N) is 1. The summed E-state index contributed by atoms with van der Waals surface area (Å²) < 4.78 is 41.5. The van der Waals surface area contributed by atoms with E-state index in [-0.39, 0.29) is 11.4 Å². The molecule has 6 nitrogen and oxygen atoms in total. The van der Waals surface area contributed by atoms with Crippen LogP contribution in [0.15, 0.2) is 24.3 Å². The molecule has 9 heteroatoms. The van der Waals surface area contributed by atoms with Gasteiger partial charge in [0.15, 0.2) is 0 Å². The first-order valence-electron chi connectivity index (χ1n) is 7.95. The van der Waals surface area contributed by atoms with Gasteiger partial charge in [-0.05, 0) is 45.0 Å². The summed E-state index contributed by atoms with van der Waals surface area (Å²) in [7, 11) is 1.31. The third kappa shape index (κ3) is 3.16. The van der Waals surface area contributed by atoms with Gasteiger partial charge in [-0.25, -0.2) is 4.98 Å². The predicted molar refractivity (Wildman–Crippen MR) is 90.8 cm³/mol. The quantitative estimate of drug-likeness (QED) is 0.771. The summed E-state index contributed by atoms with van der Waals surface area (Å²) in [5.74, 6) is -1.30. The highest BCUT2D eigenvalue weighted by molar-refractivity contribution is 5.95. The van der Waals surface area contributed by atoms with Crippen LogP contribution in [-0.4, -0.2) is 25.2 Å². The molecule has 0 saturated carbocycles. The summed E-state index contributed by atoms with van der Waals surface area (Å²) in [6, 6.07) is 5.78. The Kier molecular flexibility index (Phi) is 4.25. The van der Waals surface area contributed by atoms with Crippen molar-refractivity contribution in [2.24, 2.45) is 7.05 Å². The van der Waals surface area contributed by atoms with Crippen LogP contribution in [-0.2, 0) is 18.0 Å². The second-order valence-corrected chi connectivity index (χ2v) is 6.23. The Balaban J connectivity index is 1.87. The van der Waals surface area contributed by atoms with Crippen molar-refractivity contribution in [3.8, 4) is 0 Å². The van der Waals surface area contributed by atoms with Crippen LogP contribution in [0.5, 0.6) is 0 Å². The predicted octanol–water partition coefficient (Wildman–Crippen LogP) is 3.61. The van der Waals surface area contributed by atoms with Crippen molar-refractivity contribution < 1.29 is 18.0 Å². The average Bonchev–Trinajstić information content (AvgIpc) is 3.05. The molecule has 26 heavy (non-hydrogen) atoms. The van der Waals surface area contributed by atoms with Crippen molar-refractivity contribution in [1.29, 1.82) is 0 Å². The highest BCUT2D eigenvalue weighted by atomic mass is 19.4. The molecule has 0 aliphatic rings. The molecule has 3 aromatic rings. The molecule has 138 valence electrons. The number of hydrogen-bond donors (Lipinski definition) is 1. The minimum absolute atomic E-state index is 0.163. The number of carbonyl (C=O) groups is 1. The number of benzene rings is 1. The normalized spacial score (nSPS) is 13.2. The molecule has 0 unspecified atom stereocenters. The Morgan fingerprint density at radius 3 is 2.50 bits per heavy atom. The van der Waals surface area contributed by atoms with Crippen molar-refractivity contribution in [2.45, 2.75) is 33.0 Å².